The van der Waals surface area contributed by atoms with Gasteiger partial charge in [-0.25, -0.2) is 0 Å². The van der Waals surface area contributed by atoms with Crippen LogP contribution in [0.1, 0.15) is 36.0 Å². The maximum absolute atomic E-state index is 12.0. The Morgan fingerprint density at radius 2 is 2.25 bits per heavy atom. The van der Waals surface area contributed by atoms with Crippen LogP contribution in [0, 0.1) is 0 Å². The summed E-state index contributed by atoms with van der Waals surface area (Å²) >= 11 is 0. The standard InChI is InChI=1S/C12H16N2O2/c1-16-11-8-13-7-6-10(11)12(15)14-9-4-2-3-5-9/h6-9H,2-5H2,1H3,(H,14,15). The Morgan fingerprint density at radius 3 is 2.94 bits per heavy atom. The van der Waals surface area contributed by atoms with Crippen molar-refractivity contribution in [2.45, 2.75) is 31.7 Å². The summed E-state index contributed by atoms with van der Waals surface area (Å²) in [5, 5.41) is 3.02. The van der Waals surface area contributed by atoms with Crippen LogP contribution in [0.2, 0.25) is 0 Å². The molecule has 1 N–H and O–H groups in total. The van der Waals surface area contributed by atoms with Gasteiger partial charge in [-0.1, -0.05) is 12.8 Å². The van der Waals surface area contributed by atoms with E-state index < -0.39 is 0 Å². The first-order chi connectivity index (χ1) is 7.81. The molecule has 1 aromatic heterocycles. The van der Waals surface area contributed by atoms with E-state index in [4.69, 9.17) is 4.74 Å². The first kappa shape index (κ1) is 10.9. The second kappa shape index (κ2) is 4.96. The van der Waals surface area contributed by atoms with E-state index in [2.05, 4.69) is 10.3 Å². The lowest BCUT2D eigenvalue weighted by Gasteiger charge is -2.13. The van der Waals surface area contributed by atoms with E-state index in [9.17, 15) is 4.79 Å². The number of nitrogens with one attached hydrogen (secondary N) is 1. The molecule has 0 unspecified atom stereocenters. The smallest absolute Gasteiger partial charge is 0.255 e. The van der Waals surface area contributed by atoms with Crippen molar-refractivity contribution >= 4 is 5.91 Å². The number of carbonyl (C=O) groups is 1. The van der Waals surface area contributed by atoms with Crippen LogP contribution in [-0.4, -0.2) is 24.0 Å². The van der Waals surface area contributed by atoms with Gasteiger partial charge in [0.1, 0.15) is 5.75 Å². The summed E-state index contributed by atoms with van der Waals surface area (Å²) in [6, 6.07) is 2.01. The molecule has 0 bridgehead atoms. The summed E-state index contributed by atoms with van der Waals surface area (Å²) in [5.41, 5.74) is 0.560. The van der Waals surface area contributed by atoms with E-state index in [1.165, 1.54) is 12.8 Å². The third kappa shape index (κ3) is 2.32. The van der Waals surface area contributed by atoms with Gasteiger partial charge in [0.05, 0.1) is 18.9 Å². The third-order valence-electron chi connectivity index (χ3n) is 2.94. The molecule has 0 aromatic carbocycles. The lowest BCUT2D eigenvalue weighted by molar-refractivity contribution is 0.0934. The Kier molecular flexibility index (Phi) is 3.39. The molecule has 1 aromatic rings. The average molecular weight is 220 g/mol. The van der Waals surface area contributed by atoms with Crippen LogP contribution in [0.4, 0.5) is 0 Å². The van der Waals surface area contributed by atoms with Gasteiger partial charge in [0.15, 0.2) is 0 Å². The predicted octanol–water partition coefficient (Wildman–Crippen LogP) is 1.76. The van der Waals surface area contributed by atoms with Crippen molar-refractivity contribution in [2.24, 2.45) is 0 Å². The topological polar surface area (TPSA) is 51.2 Å². The zero-order valence-electron chi connectivity index (χ0n) is 9.40. The molecule has 1 heterocycles. The molecule has 2 rings (SSSR count). The van der Waals surface area contributed by atoms with Crippen molar-refractivity contribution in [3.8, 4) is 5.75 Å². The minimum absolute atomic E-state index is 0.0637. The molecule has 0 saturated heterocycles. The van der Waals surface area contributed by atoms with Crippen molar-refractivity contribution in [3.63, 3.8) is 0 Å². The van der Waals surface area contributed by atoms with E-state index >= 15 is 0 Å². The second-order valence-electron chi connectivity index (χ2n) is 4.03. The van der Waals surface area contributed by atoms with Crippen molar-refractivity contribution in [3.05, 3.63) is 24.0 Å². The van der Waals surface area contributed by atoms with Crippen LogP contribution in [0.15, 0.2) is 18.5 Å². The minimum atomic E-state index is -0.0637. The SMILES string of the molecule is COc1cnccc1C(=O)NC1CCCC1. The number of hydrogen-bond acceptors (Lipinski definition) is 3. The number of methoxy groups -OCH3 is 1. The van der Waals surface area contributed by atoms with Crippen molar-refractivity contribution in [2.75, 3.05) is 7.11 Å². The summed E-state index contributed by atoms with van der Waals surface area (Å²) < 4.78 is 5.11. The Morgan fingerprint density at radius 1 is 1.50 bits per heavy atom. The van der Waals surface area contributed by atoms with Crippen molar-refractivity contribution in [1.29, 1.82) is 0 Å². The molecule has 16 heavy (non-hydrogen) atoms. The third-order valence-corrected chi connectivity index (χ3v) is 2.94. The van der Waals surface area contributed by atoms with E-state index in [0.717, 1.165) is 12.8 Å². The summed E-state index contributed by atoms with van der Waals surface area (Å²) in [6.45, 7) is 0. The molecule has 86 valence electrons. The van der Waals surface area contributed by atoms with Crippen molar-refractivity contribution < 1.29 is 9.53 Å². The van der Waals surface area contributed by atoms with Gasteiger partial charge >= 0.3 is 0 Å². The second-order valence-corrected chi connectivity index (χ2v) is 4.03. The van der Waals surface area contributed by atoms with Crippen LogP contribution in [0.5, 0.6) is 5.75 Å². The number of amides is 1. The maximum Gasteiger partial charge on any atom is 0.255 e. The van der Waals surface area contributed by atoms with Gasteiger partial charge in [-0.2, -0.15) is 0 Å². The molecule has 1 fully saturated rings. The number of aromatic nitrogens is 1. The van der Waals surface area contributed by atoms with Crippen LogP contribution in [0.3, 0.4) is 0 Å². The van der Waals surface area contributed by atoms with Crippen LogP contribution >= 0.6 is 0 Å². The number of pyridine rings is 1. The van der Waals surface area contributed by atoms with Crippen LogP contribution in [0.25, 0.3) is 0 Å². The molecule has 1 saturated carbocycles. The highest BCUT2D eigenvalue weighted by molar-refractivity contribution is 5.96. The molecule has 4 nitrogen and oxygen atoms in total. The normalized spacial score (nSPS) is 16.1. The summed E-state index contributed by atoms with van der Waals surface area (Å²) in [7, 11) is 1.55. The Balaban J connectivity index is 2.07. The van der Waals surface area contributed by atoms with Gasteiger partial charge in [-0.3, -0.25) is 9.78 Å². The highest BCUT2D eigenvalue weighted by Crippen LogP contribution is 2.20. The summed E-state index contributed by atoms with van der Waals surface area (Å²) in [5.74, 6) is 0.462. The first-order valence-corrected chi connectivity index (χ1v) is 5.60. The Bertz CT molecular complexity index is 373. The van der Waals surface area contributed by atoms with Crippen LogP contribution in [-0.2, 0) is 0 Å². The Labute approximate surface area is 95.0 Å². The quantitative estimate of drug-likeness (QED) is 0.844. The van der Waals surface area contributed by atoms with E-state index in [-0.39, 0.29) is 5.91 Å². The number of carbonyl (C=O) groups excluding carboxylic acids is 1. The fourth-order valence-corrected chi connectivity index (χ4v) is 2.06. The molecule has 4 heteroatoms. The summed E-state index contributed by atoms with van der Waals surface area (Å²) in [4.78, 5) is 15.9. The molecule has 1 aliphatic rings. The molecule has 0 aliphatic heterocycles. The minimum Gasteiger partial charge on any atom is -0.494 e. The van der Waals surface area contributed by atoms with Gasteiger partial charge in [-0.05, 0) is 18.9 Å². The number of ether oxygens (including phenoxy) is 1. The summed E-state index contributed by atoms with van der Waals surface area (Å²) in [6.07, 6.45) is 7.74. The number of hydrogen-bond donors (Lipinski definition) is 1. The van der Waals surface area contributed by atoms with E-state index in [0.29, 0.717) is 17.4 Å². The highest BCUT2D eigenvalue weighted by Gasteiger charge is 2.19. The lowest BCUT2D eigenvalue weighted by Crippen LogP contribution is -2.32. The number of nitrogens with zero attached hydrogens (tertiary/aromatic N) is 1. The van der Waals surface area contributed by atoms with Gasteiger partial charge in [0.25, 0.3) is 5.91 Å². The molecule has 1 aliphatic carbocycles. The Hall–Kier alpha value is -1.58. The largest absolute Gasteiger partial charge is 0.494 e. The average Bonchev–Trinajstić information content (AvgIpc) is 2.81. The zero-order valence-corrected chi connectivity index (χ0v) is 9.40. The fraction of sp³-hybridized carbons (Fsp3) is 0.500. The molecule has 0 atom stereocenters. The fourth-order valence-electron chi connectivity index (χ4n) is 2.06. The van der Waals surface area contributed by atoms with Crippen molar-refractivity contribution in [1.82, 2.24) is 10.3 Å². The van der Waals surface area contributed by atoms with Gasteiger partial charge in [0.2, 0.25) is 0 Å². The lowest BCUT2D eigenvalue weighted by atomic mass is 10.2. The molecule has 1 amide bonds. The highest BCUT2D eigenvalue weighted by atomic mass is 16.5. The predicted molar refractivity (Wildman–Crippen MR) is 60.5 cm³/mol. The van der Waals surface area contributed by atoms with Gasteiger partial charge in [-0.15, -0.1) is 0 Å². The molecular formula is C12H16N2O2. The monoisotopic (exact) mass is 220 g/mol. The van der Waals surface area contributed by atoms with E-state index in [1.54, 1.807) is 25.6 Å². The maximum atomic E-state index is 12.0. The van der Waals surface area contributed by atoms with Crippen LogP contribution < -0.4 is 10.1 Å². The zero-order chi connectivity index (χ0) is 11.4. The molecule has 0 spiro atoms. The molecule has 0 radical (unpaired) electrons. The van der Waals surface area contributed by atoms with E-state index in [1.807, 2.05) is 0 Å². The molecular weight excluding hydrogens is 204 g/mol. The van der Waals surface area contributed by atoms with Gasteiger partial charge < -0.3 is 10.1 Å². The first-order valence-electron chi connectivity index (χ1n) is 5.60. The van der Waals surface area contributed by atoms with Gasteiger partial charge in [0, 0.05) is 12.2 Å². The number of rotatable bonds is 3.